The van der Waals surface area contributed by atoms with Gasteiger partial charge in [0.05, 0.1) is 12.3 Å². The highest BCUT2D eigenvalue weighted by Crippen LogP contribution is 2.34. The predicted molar refractivity (Wildman–Crippen MR) is 70.7 cm³/mol. The number of fused-ring (bicyclic) bond motifs is 3. The Labute approximate surface area is 107 Å². The van der Waals surface area contributed by atoms with Gasteiger partial charge in [-0.05, 0) is 47.7 Å². The molecular formula is C12H11IN2O. The molecule has 0 saturated heterocycles. The maximum atomic E-state index is 5.75. The van der Waals surface area contributed by atoms with E-state index in [-0.39, 0.29) is 0 Å². The van der Waals surface area contributed by atoms with Crippen LogP contribution in [0.2, 0.25) is 0 Å². The monoisotopic (exact) mass is 326 g/mol. The molecule has 0 aliphatic carbocycles. The molecule has 0 atom stereocenters. The second kappa shape index (κ2) is 3.76. The molecule has 1 aliphatic rings. The van der Waals surface area contributed by atoms with Crippen LogP contribution in [0.15, 0.2) is 18.2 Å². The molecule has 0 fully saturated rings. The van der Waals surface area contributed by atoms with E-state index in [1.807, 2.05) is 6.92 Å². The third kappa shape index (κ3) is 1.61. The highest BCUT2D eigenvalue weighted by Gasteiger charge is 2.18. The van der Waals surface area contributed by atoms with E-state index >= 15 is 0 Å². The number of rotatable bonds is 0. The van der Waals surface area contributed by atoms with Gasteiger partial charge >= 0.3 is 0 Å². The summed E-state index contributed by atoms with van der Waals surface area (Å²) < 4.78 is 6.93. The molecule has 0 amide bonds. The molecule has 82 valence electrons. The molecule has 1 N–H and O–H groups in total. The third-order valence-corrected chi connectivity index (χ3v) is 3.38. The summed E-state index contributed by atoms with van der Waals surface area (Å²) in [6.45, 7) is 2.70. The van der Waals surface area contributed by atoms with Gasteiger partial charge in [-0.1, -0.05) is 0 Å². The number of nitrogens with one attached hydrogen (secondary N) is 1. The van der Waals surface area contributed by atoms with Crippen molar-refractivity contribution in [2.45, 2.75) is 13.3 Å². The predicted octanol–water partition coefficient (Wildman–Crippen LogP) is 2.92. The number of H-pyrrole nitrogens is 1. The summed E-state index contributed by atoms with van der Waals surface area (Å²) >= 11 is 2.30. The lowest BCUT2D eigenvalue weighted by molar-refractivity contribution is 0.325. The van der Waals surface area contributed by atoms with E-state index in [2.05, 4.69) is 50.8 Å². The minimum Gasteiger partial charge on any atom is -0.492 e. The first-order valence-electron chi connectivity index (χ1n) is 5.22. The van der Waals surface area contributed by atoms with Gasteiger partial charge < -0.3 is 9.72 Å². The summed E-state index contributed by atoms with van der Waals surface area (Å²) in [6.07, 6.45) is 0.890. The fourth-order valence-electron chi connectivity index (χ4n) is 2.02. The van der Waals surface area contributed by atoms with Crippen LogP contribution in [0.5, 0.6) is 5.75 Å². The highest BCUT2D eigenvalue weighted by atomic mass is 127. The molecule has 0 bridgehead atoms. The lowest BCUT2D eigenvalue weighted by atomic mass is 10.1. The summed E-state index contributed by atoms with van der Waals surface area (Å²) in [5, 5.41) is 0. The SMILES string of the molecule is Cc1nc2c([nH]1)CCOc1cc(I)ccc1-2. The molecule has 2 heterocycles. The van der Waals surface area contributed by atoms with Crippen molar-refractivity contribution >= 4 is 22.6 Å². The Bertz CT molecular complexity index is 548. The van der Waals surface area contributed by atoms with Crippen LogP contribution in [0.4, 0.5) is 0 Å². The standard InChI is InChI=1S/C12H11IN2O/c1-7-14-10-4-5-16-11-6-8(13)2-3-9(11)12(10)15-7/h2-3,6H,4-5H2,1H3,(H,14,15). The van der Waals surface area contributed by atoms with Crippen molar-refractivity contribution in [3.63, 3.8) is 0 Å². The van der Waals surface area contributed by atoms with Crippen molar-refractivity contribution in [1.82, 2.24) is 9.97 Å². The molecule has 16 heavy (non-hydrogen) atoms. The topological polar surface area (TPSA) is 37.9 Å². The molecule has 1 aliphatic heterocycles. The van der Waals surface area contributed by atoms with Gasteiger partial charge in [0, 0.05) is 21.2 Å². The van der Waals surface area contributed by atoms with Gasteiger partial charge in [0.25, 0.3) is 0 Å². The number of halogens is 1. The fraction of sp³-hybridized carbons (Fsp3) is 0.250. The number of aryl methyl sites for hydroxylation is 1. The van der Waals surface area contributed by atoms with E-state index in [0.29, 0.717) is 6.61 Å². The molecule has 3 nitrogen and oxygen atoms in total. The van der Waals surface area contributed by atoms with E-state index in [9.17, 15) is 0 Å². The van der Waals surface area contributed by atoms with Gasteiger partial charge in [-0.2, -0.15) is 0 Å². The van der Waals surface area contributed by atoms with E-state index in [4.69, 9.17) is 4.74 Å². The van der Waals surface area contributed by atoms with Crippen LogP contribution < -0.4 is 4.74 Å². The van der Waals surface area contributed by atoms with Crippen molar-refractivity contribution in [3.05, 3.63) is 33.3 Å². The minimum atomic E-state index is 0.710. The zero-order valence-corrected chi connectivity index (χ0v) is 11.0. The zero-order valence-electron chi connectivity index (χ0n) is 8.88. The van der Waals surface area contributed by atoms with E-state index < -0.39 is 0 Å². The number of imidazole rings is 1. The normalized spacial score (nSPS) is 13.6. The Balaban J connectivity index is 2.24. The maximum absolute atomic E-state index is 5.75. The van der Waals surface area contributed by atoms with E-state index in [1.165, 1.54) is 9.26 Å². The maximum Gasteiger partial charge on any atom is 0.129 e. The van der Waals surface area contributed by atoms with Gasteiger partial charge in [-0.25, -0.2) is 4.98 Å². The van der Waals surface area contributed by atoms with Gasteiger partial charge in [0.1, 0.15) is 11.6 Å². The highest BCUT2D eigenvalue weighted by molar-refractivity contribution is 14.1. The Morgan fingerprint density at radius 3 is 3.19 bits per heavy atom. The third-order valence-electron chi connectivity index (χ3n) is 2.71. The molecule has 1 aromatic heterocycles. The number of nitrogens with zero attached hydrogens (tertiary/aromatic N) is 1. The zero-order chi connectivity index (χ0) is 11.1. The van der Waals surface area contributed by atoms with Crippen LogP contribution in [0.1, 0.15) is 11.5 Å². The Morgan fingerprint density at radius 1 is 1.44 bits per heavy atom. The number of aromatic nitrogens is 2. The first-order valence-corrected chi connectivity index (χ1v) is 6.30. The average Bonchev–Trinajstić information content (AvgIpc) is 2.52. The lowest BCUT2D eigenvalue weighted by Crippen LogP contribution is -1.99. The van der Waals surface area contributed by atoms with Crippen molar-refractivity contribution in [2.24, 2.45) is 0 Å². The summed E-state index contributed by atoms with van der Waals surface area (Å²) in [5.41, 5.74) is 3.32. The van der Waals surface area contributed by atoms with E-state index in [0.717, 1.165) is 29.3 Å². The average molecular weight is 326 g/mol. The molecule has 3 rings (SSSR count). The van der Waals surface area contributed by atoms with Crippen molar-refractivity contribution in [3.8, 4) is 17.0 Å². The van der Waals surface area contributed by atoms with Crippen molar-refractivity contribution in [2.75, 3.05) is 6.61 Å². The number of hydrogen-bond donors (Lipinski definition) is 1. The lowest BCUT2D eigenvalue weighted by Gasteiger charge is -2.06. The van der Waals surface area contributed by atoms with Crippen molar-refractivity contribution < 1.29 is 4.74 Å². The molecule has 0 spiro atoms. The van der Waals surface area contributed by atoms with Crippen LogP contribution in [0, 0.1) is 10.5 Å². The van der Waals surface area contributed by atoms with Gasteiger partial charge in [-0.3, -0.25) is 0 Å². The summed E-state index contributed by atoms with van der Waals surface area (Å²) in [5.74, 6) is 1.91. The Kier molecular flexibility index (Phi) is 2.38. The Morgan fingerprint density at radius 2 is 2.31 bits per heavy atom. The number of hydrogen-bond acceptors (Lipinski definition) is 2. The Hall–Kier alpha value is -1.04. The summed E-state index contributed by atoms with van der Waals surface area (Å²) in [7, 11) is 0. The van der Waals surface area contributed by atoms with Gasteiger partial charge in [0.15, 0.2) is 0 Å². The first-order chi connectivity index (χ1) is 7.74. The second-order valence-corrected chi connectivity index (χ2v) is 5.13. The second-order valence-electron chi connectivity index (χ2n) is 3.89. The van der Waals surface area contributed by atoms with Crippen LogP contribution in [0.25, 0.3) is 11.3 Å². The smallest absolute Gasteiger partial charge is 0.129 e. The quantitative estimate of drug-likeness (QED) is 0.756. The van der Waals surface area contributed by atoms with Crippen LogP contribution >= 0.6 is 22.6 Å². The molecule has 0 saturated carbocycles. The molecule has 0 radical (unpaired) electrons. The fourth-order valence-corrected chi connectivity index (χ4v) is 2.48. The first kappa shape index (κ1) is 10.1. The largest absolute Gasteiger partial charge is 0.492 e. The summed E-state index contributed by atoms with van der Waals surface area (Å²) in [6, 6.07) is 6.23. The molecule has 4 heteroatoms. The van der Waals surface area contributed by atoms with Crippen molar-refractivity contribution in [1.29, 1.82) is 0 Å². The van der Waals surface area contributed by atoms with Gasteiger partial charge in [0.2, 0.25) is 0 Å². The molecule has 2 aromatic rings. The minimum absolute atomic E-state index is 0.710. The van der Waals surface area contributed by atoms with Crippen LogP contribution in [0.3, 0.4) is 0 Å². The van der Waals surface area contributed by atoms with E-state index in [1.54, 1.807) is 0 Å². The molecule has 0 unspecified atom stereocenters. The molecule has 1 aromatic carbocycles. The number of ether oxygens (including phenoxy) is 1. The number of aromatic amines is 1. The number of benzene rings is 1. The summed E-state index contributed by atoms with van der Waals surface area (Å²) in [4.78, 5) is 7.84. The van der Waals surface area contributed by atoms with Gasteiger partial charge in [-0.15, -0.1) is 0 Å². The molecular weight excluding hydrogens is 315 g/mol. The van der Waals surface area contributed by atoms with Crippen LogP contribution in [-0.4, -0.2) is 16.6 Å². The van der Waals surface area contributed by atoms with Crippen LogP contribution in [-0.2, 0) is 6.42 Å².